The third-order valence-electron chi connectivity index (χ3n) is 13.5. The Morgan fingerprint density at radius 3 is 1.95 bits per heavy atom. The van der Waals surface area contributed by atoms with Crippen LogP contribution < -0.4 is 42.5 Å². The highest BCUT2D eigenvalue weighted by Gasteiger charge is 2.80. The van der Waals surface area contributed by atoms with Crippen LogP contribution in [0.3, 0.4) is 0 Å². The van der Waals surface area contributed by atoms with Crippen LogP contribution in [0.5, 0.6) is 5.75 Å². The third-order valence-corrected chi connectivity index (χ3v) is 18.0. The zero-order valence-electron chi connectivity index (χ0n) is 33.5. The Morgan fingerprint density at radius 2 is 1.42 bits per heavy atom. The summed E-state index contributed by atoms with van der Waals surface area (Å²) in [4.78, 5) is 32.9. The molecule has 0 amide bonds. The smallest absolute Gasteiger partial charge is 0.344 e. The number of halogens is 4. The summed E-state index contributed by atoms with van der Waals surface area (Å²) in [7, 11) is 2.09. The van der Waals surface area contributed by atoms with Gasteiger partial charge in [-0.25, -0.2) is 18.0 Å². The van der Waals surface area contributed by atoms with E-state index in [0.717, 1.165) is 33.7 Å². The fourth-order valence-corrected chi connectivity index (χ4v) is 15.6. The molecule has 6 atom stereocenters. The van der Waals surface area contributed by atoms with Gasteiger partial charge in [-0.3, -0.25) is 9.69 Å². The van der Waals surface area contributed by atoms with E-state index in [1.165, 1.54) is 43.5 Å². The van der Waals surface area contributed by atoms with Gasteiger partial charge in [-0.1, -0.05) is 25.1 Å². The van der Waals surface area contributed by atoms with E-state index in [4.69, 9.17) is 14.2 Å². The lowest BCUT2D eigenvalue weighted by molar-refractivity contribution is -0.229. The standard InChI is InChI=1S/C46H49F3N2O6P.BrH/c1-5-44-24-8-26-51-27-25-45(40(44)51)37-23-16-33(55-3)29-38(37)50(2)41(45)46(54,43(53)56-4)42(44)57-39(52)9-6-7-28-58(34-17-10-30(47)11-18-34,35-19-12-31(48)13-20-35)36-21-14-32(49)15-22-36;/h8,10-24,29,40-42,54H,5-7,9,25-28H2,1-4H3;1H/q+1;/p-1/t40-,41+,42+,44+,45+,46-;/m0./s1. The monoisotopic (exact) mass is 892 g/mol. The van der Waals surface area contributed by atoms with E-state index in [2.05, 4.69) is 17.1 Å². The average Bonchev–Trinajstić information content (AvgIpc) is 3.75. The van der Waals surface area contributed by atoms with E-state index < -0.39 is 65.2 Å². The largest absolute Gasteiger partial charge is 1.00 e. The first kappa shape index (κ1) is 42.9. The zero-order valence-corrected chi connectivity index (χ0v) is 36.0. The number of esters is 2. The van der Waals surface area contributed by atoms with Crippen molar-refractivity contribution in [1.82, 2.24) is 4.90 Å². The summed E-state index contributed by atoms with van der Waals surface area (Å²) in [6.07, 6.45) is 5.33. The predicted molar refractivity (Wildman–Crippen MR) is 219 cm³/mol. The number of hydrogen-bond donors (Lipinski definition) is 1. The van der Waals surface area contributed by atoms with Gasteiger partial charge in [-0.2, -0.15) is 0 Å². The molecule has 3 aliphatic heterocycles. The quantitative estimate of drug-likeness (QED) is 0.101. The summed E-state index contributed by atoms with van der Waals surface area (Å²) in [6.45, 7) is 3.43. The number of hydrogen-bond acceptors (Lipinski definition) is 8. The number of carbonyl (C=O) groups is 2. The van der Waals surface area contributed by atoms with Gasteiger partial charge in [0.1, 0.15) is 46.4 Å². The number of aliphatic hydroxyl groups is 1. The fourth-order valence-electron chi connectivity index (χ4n) is 11.2. The highest BCUT2D eigenvalue weighted by Crippen LogP contribution is 2.67. The van der Waals surface area contributed by atoms with Crippen LogP contribution in [-0.4, -0.2) is 86.3 Å². The van der Waals surface area contributed by atoms with Crippen LogP contribution in [0, 0.1) is 22.9 Å². The number of benzene rings is 4. The first-order valence-corrected chi connectivity index (χ1v) is 21.9. The number of anilines is 1. The maximum atomic E-state index is 14.3. The maximum absolute atomic E-state index is 14.3. The Kier molecular flexibility index (Phi) is 11.9. The second kappa shape index (κ2) is 16.3. The van der Waals surface area contributed by atoms with Crippen molar-refractivity contribution < 1.29 is 59.1 Å². The molecule has 4 aromatic rings. The van der Waals surface area contributed by atoms with Crippen LogP contribution in [0.15, 0.2) is 103 Å². The SMILES string of the molecule is CC[C@]12C=CCN3CC[C@@]4(c5ccc(OC)cc5N(C)[C@H]4[C@@](O)(C(=O)OC)[C@@H]1OC(=O)CCCC[P+](c1ccc(F)cc1)(c1ccc(F)cc1)c1ccc(F)cc1)[C@@H]32.[Br-]. The molecule has 2 fully saturated rings. The van der Waals surface area contributed by atoms with Crippen molar-refractivity contribution >= 4 is 40.8 Å². The Labute approximate surface area is 354 Å². The fraction of sp³-hybridized carbons (Fsp3) is 0.391. The molecule has 59 heavy (non-hydrogen) atoms. The first-order chi connectivity index (χ1) is 27.9. The first-order valence-electron chi connectivity index (χ1n) is 19.9. The number of nitrogens with zero attached hydrogens (tertiary/aromatic N) is 2. The molecule has 8 rings (SSSR count). The Bertz CT molecular complexity index is 2120. The molecule has 1 spiro atoms. The molecule has 13 heteroatoms. The van der Waals surface area contributed by atoms with Crippen molar-refractivity contribution in [1.29, 1.82) is 0 Å². The topological polar surface area (TPSA) is 88.5 Å². The number of methoxy groups -OCH3 is 2. The number of unbranched alkanes of at least 4 members (excludes halogenated alkanes) is 1. The van der Waals surface area contributed by atoms with Gasteiger partial charge in [0.25, 0.3) is 0 Å². The molecule has 0 aromatic heterocycles. The van der Waals surface area contributed by atoms with Crippen molar-refractivity contribution in [3.8, 4) is 5.75 Å². The van der Waals surface area contributed by atoms with Crippen molar-refractivity contribution in [3.05, 3.63) is 126 Å². The average molecular weight is 894 g/mol. The second-order valence-electron chi connectivity index (χ2n) is 16.1. The van der Waals surface area contributed by atoms with Gasteiger partial charge in [-0.05, 0) is 117 Å². The number of fused-ring (bicyclic) bond motifs is 1. The summed E-state index contributed by atoms with van der Waals surface area (Å²) < 4.78 is 60.4. The van der Waals surface area contributed by atoms with E-state index in [0.29, 0.717) is 44.1 Å². The summed E-state index contributed by atoms with van der Waals surface area (Å²) in [5, 5.41) is 15.7. The van der Waals surface area contributed by atoms with Crippen LogP contribution in [0.25, 0.3) is 0 Å². The molecule has 3 heterocycles. The molecule has 0 bridgehead atoms. The van der Waals surface area contributed by atoms with E-state index in [-0.39, 0.29) is 29.4 Å². The Hall–Kier alpha value is -4.22. The highest BCUT2D eigenvalue weighted by molar-refractivity contribution is 7.95. The Morgan fingerprint density at radius 1 is 0.847 bits per heavy atom. The van der Waals surface area contributed by atoms with Crippen molar-refractivity contribution in [2.75, 3.05) is 45.4 Å². The van der Waals surface area contributed by atoms with Crippen molar-refractivity contribution in [2.45, 2.75) is 68.2 Å². The zero-order chi connectivity index (χ0) is 41.0. The van der Waals surface area contributed by atoms with Crippen molar-refractivity contribution in [2.24, 2.45) is 5.41 Å². The lowest BCUT2D eigenvalue weighted by atomic mass is 9.47. The number of rotatable bonds is 12. The molecule has 1 aliphatic carbocycles. The van der Waals surface area contributed by atoms with Gasteiger partial charge in [0.2, 0.25) is 5.60 Å². The lowest BCUT2D eigenvalue weighted by Crippen LogP contribution is -3.00. The van der Waals surface area contributed by atoms with Crippen LogP contribution in [0.2, 0.25) is 0 Å². The molecule has 4 aromatic carbocycles. The minimum Gasteiger partial charge on any atom is -1.00 e. The van der Waals surface area contributed by atoms with Crippen LogP contribution in [-0.2, 0) is 24.5 Å². The molecule has 8 nitrogen and oxygen atoms in total. The van der Waals surface area contributed by atoms with E-state index in [1.54, 1.807) is 43.5 Å². The summed E-state index contributed by atoms with van der Waals surface area (Å²) in [6, 6.07) is 23.6. The molecule has 0 radical (unpaired) electrons. The van der Waals surface area contributed by atoms with Crippen LogP contribution in [0.1, 0.15) is 44.6 Å². The lowest BCUT2D eigenvalue weighted by Gasteiger charge is -2.63. The Balaban J connectivity index is 0.00000528. The van der Waals surface area contributed by atoms with Gasteiger partial charge < -0.3 is 41.2 Å². The molecular weight excluding hydrogens is 844 g/mol. The highest BCUT2D eigenvalue weighted by atomic mass is 79.9. The maximum Gasteiger partial charge on any atom is 0.344 e. The molecule has 312 valence electrons. The van der Waals surface area contributed by atoms with E-state index in [9.17, 15) is 27.9 Å². The summed E-state index contributed by atoms with van der Waals surface area (Å²) in [5.41, 5.74) is -2.04. The number of carbonyl (C=O) groups excluding carboxylic acids is 2. The molecule has 4 aliphatic rings. The molecule has 1 N–H and O–H groups in total. The van der Waals surface area contributed by atoms with E-state index in [1.807, 2.05) is 37.1 Å². The molecule has 0 unspecified atom stereocenters. The summed E-state index contributed by atoms with van der Waals surface area (Å²) >= 11 is 0. The van der Waals surface area contributed by atoms with Gasteiger partial charge in [0, 0.05) is 48.6 Å². The summed E-state index contributed by atoms with van der Waals surface area (Å²) in [5.74, 6) is -1.99. The van der Waals surface area contributed by atoms with Gasteiger partial charge in [0.05, 0.1) is 26.4 Å². The van der Waals surface area contributed by atoms with E-state index >= 15 is 0 Å². The predicted octanol–water partition coefficient (Wildman–Crippen LogP) is 3.21. The second-order valence-corrected chi connectivity index (χ2v) is 19.7. The molecule has 1 saturated heterocycles. The van der Waals surface area contributed by atoms with Gasteiger partial charge >= 0.3 is 11.9 Å². The normalized spacial score (nSPS) is 26.6. The minimum absolute atomic E-state index is 0. The van der Waals surface area contributed by atoms with Gasteiger partial charge in [0.15, 0.2) is 6.10 Å². The number of likely N-dealkylation sites (N-methyl/N-ethyl adjacent to an activating group) is 1. The molecule has 1 saturated carbocycles. The van der Waals surface area contributed by atoms with Gasteiger partial charge in [-0.15, -0.1) is 0 Å². The van der Waals surface area contributed by atoms with Crippen LogP contribution >= 0.6 is 7.26 Å². The number of ether oxygens (including phenoxy) is 3. The third kappa shape index (κ3) is 6.51. The minimum atomic E-state index is -2.62. The van der Waals surface area contributed by atoms with Crippen LogP contribution in [0.4, 0.5) is 18.9 Å². The molecular formula is C46H49BrF3N2O6P. The van der Waals surface area contributed by atoms with Crippen molar-refractivity contribution in [3.63, 3.8) is 0 Å².